The van der Waals surface area contributed by atoms with Crippen LogP contribution in [-0.2, 0) is 4.74 Å². The molecular formula is C8H10N2O3S. The minimum Gasteiger partial charge on any atom is -0.368 e. The van der Waals surface area contributed by atoms with Crippen LogP contribution in [0.4, 0.5) is 0 Å². The first-order valence-electron chi connectivity index (χ1n) is 4.32. The van der Waals surface area contributed by atoms with Crippen LogP contribution in [0.2, 0.25) is 0 Å². The Hall–Kier alpha value is -0.980. The highest BCUT2D eigenvalue weighted by atomic mass is 32.1. The van der Waals surface area contributed by atoms with Crippen molar-refractivity contribution in [3.05, 3.63) is 27.4 Å². The highest BCUT2D eigenvalue weighted by molar-refractivity contribution is 7.71. The van der Waals surface area contributed by atoms with Crippen molar-refractivity contribution < 1.29 is 9.84 Å². The van der Waals surface area contributed by atoms with Crippen LogP contribution in [0.3, 0.4) is 0 Å². The van der Waals surface area contributed by atoms with Crippen LogP contribution in [0, 0.1) is 4.77 Å². The molecule has 0 spiro atoms. The topological polar surface area (TPSA) is 67.2 Å². The molecule has 0 radical (unpaired) electrons. The van der Waals surface area contributed by atoms with E-state index in [1.54, 1.807) is 10.8 Å². The minimum atomic E-state index is -0.728. The largest absolute Gasteiger partial charge is 0.368 e. The number of aliphatic hydroxyl groups excluding tert-OH is 1. The molecule has 1 aliphatic heterocycles. The lowest BCUT2D eigenvalue weighted by Crippen LogP contribution is -2.16. The second-order valence-electron chi connectivity index (χ2n) is 3.14. The molecule has 2 rings (SSSR count). The van der Waals surface area contributed by atoms with E-state index in [0.29, 0.717) is 17.6 Å². The van der Waals surface area contributed by atoms with Crippen molar-refractivity contribution in [3.63, 3.8) is 0 Å². The summed E-state index contributed by atoms with van der Waals surface area (Å²) >= 11 is 4.96. The SMILES string of the molecule is O=c1ccn(C2CC[C@@H](O)O2)c(=S)[nH]1. The van der Waals surface area contributed by atoms with E-state index in [1.807, 2.05) is 0 Å². The van der Waals surface area contributed by atoms with Crippen molar-refractivity contribution in [1.82, 2.24) is 9.55 Å². The first kappa shape index (κ1) is 9.57. The van der Waals surface area contributed by atoms with Gasteiger partial charge in [-0.2, -0.15) is 0 Å². The number of rotatable bonds is 1. The number of hydrogen-bond donors (Lipinski definition) is 2. The van der Waals surface area contributed by atoms with Gasteiger partial charge >= 0.3 is 0 Å². The predicted octanol–water partition coefficient (Wildman–Crippen LogP) is 0.533. The first-order chi connectivity index (χ1) is 6.66. The van der Waals surface area contributed by atoms with Gasteiger partial charge in [0.05, 0.1) is 0 Å². The maximum atomic E-state index is 10.9. The van der Waals surface area contributed by atoms with Crippen LogP contribution >= 0.6 is 12.2 Å². The van der Waals surface area contributed by atoms with Crippen LogP contribution in [0.15, 0.2) is 17.1 Å². The Morgan fingerprint density at radius 2 is 2.43 bits per heavy atom. The maximum Gasteiger partial charge on any atom is 0.251 e. The molecule has 1 aromatic rings. The summed E-state index contributed by atoms with van der Waals surface area (Å²) in [6.45, 7) is 0. The minimum absolute atomic E-state index is 0.232. The maximum absolute atomic E-state index is 10.9. The Labute approximate surface area is 85.0 Å². The lowest BCUT2D eigenvalue weighted by Gasteiger charge is -2.13. The lowest BCUT2D eigenvalue weighted by molar-refractivity contribution is -0.113. The quantitative estimate of drug-likeness (QED) is 0.669. The van der Waals surface area contributed by atoms with Gasteiger partial charge in [-0.05, 0) is 18.6 Å². The summed E-state index contributed by atoms with van der Waals surface area (Å²) < 4.78 is 7.15. The fourth-order valence-electron chi connectivity index (χ4n) is 1.46. The molecule has 2 heterocycles. The van der Waals surface area contributed by atoms with E-state index in [0.717, 1.165) is 0 Å². The monoisotopic (exact) mass is 214 g/mol. The second kappa shape index (κ2) is 3.64. The molecule has 5 nitrogen and oxygen atoms in total. The fourth-order valence-corrected chi connectivity index (χ4v) is 1.74. The van der Waals surface area contributed by atoms with E-state index in [4.69, 9.17) is 22.1 Å². The molecule has 0 bridgehead atoms. The summed E-state index contributed by atoms with van der Waals surface area (Å²) in [6, 6.07) is 1.38. The smallest absolute Gasteiger partial charge is 0.251 e. The predicted molar refractivity (Wildman–Crippen MR) is 51.2 cm³/mol. The number of aromatic amines is 1. The number of nitrogens with one attached hydrogen (secondary N) is 1. The van der Waals surface area contributed by atoms with Crippen molar-refractivity contribution in [3.8, 4) is 0 Å². The summed E-state index contributed by atoms with van der Waals surface area (Å²) in [5.41, 5.74) is -0.232. The normalized spacial score (nSPS) is 26.6. The van der Waals surface area contributed by atoms with Crippen molar-refractivity contribution >= 4 is 12.2 Å². The van der Waals surface area contributed by atoms with Gasteiger partial charge in [0, 0.05) is 18.7 Å². The first-order valence-corrected chi connectivity index (χ1v) is 4.72. The molecule has 2 N–H and O–H groups in total. The second-order valence-corrected chi connectivity index (χ2v) is 3.53. The summed E-state index contributed by atoms with van der Waals surface area (Å²) in [4.78, 5) is 13.4. The van der Waals surface area contributed by atoms with Gasteiger partial charge in [-0.3, -0.25) is 14.3 Å². The van der Waals surface area contributed by atoms with Crippen LogP contribution in [0.1, 0.15) is 19.1 Å². The summed E-state index contributed by atoms with van der Waals surface area (Å²) in [5, 5.41) is 9.16. The zero-order valence-corrected chi connectivity index (χ0v) is 8.16. The van der Waals surface area contributed by atoms with E-state index in [-0.39, 0.29) is 11.8 Å². The molecular weight excluding hydrogens is 204 g/mol. The highest BCUT2D eigenvalue weighted by Gasteiger charge is 2.24. The van der Waals surface area contributed by atoms with Gasteiger partial charge in [0.25, 0.3) is 5.56 Å². The van der Waals surface area contributed by atoms with Crippen molar-refractivity contribution in [2.45, 2.75) is 25.4 Å². The molecule has 6 heteroatoms. The number of ether oxygens (including phenoxy) is 1. The van der Waals surface area contributed by atoms with Crippen LogP contribution in [0.25, 0.3) is 0 Å². The number of nitrogens with zero attached hydrogens (tertiary/aromatic N) is 1. The van der Waals surface area contributed by atoms with Gasteiger partial charge in [-0.15, -0.1) is 0 Å². The standard InChI is InChI=1S/C8H10N2O3S/c11-5-3-4-10(8(14)9-5)6-1-2-7(12)13-6/h3-4,6-7,12H,1-2H2,(H,9,11,14)/t6?,7-/m0/s1. The van der Waals surface area contributed by atoms with E-state index in [9.17, 15) is 4.79 Å². The Balaban J connectivity index is 2.33. The van der Waals surface area contributed by atoms with Gasteiger partial charge in [0.15, 0.2) is 11.1 Å². The van der Waals surface area contributed by atoms with E-state index in [1.165, 1.54) is 6.07 Å². The number of aliphatic hydroxyl groups is 1. The Morgan fingerprint density at radius 1 is 1.64 bits per heavy atom. The molecule has 76 valence electrons. The van der Waals surface area contributed by atoms with Gasteiger partial charge < -0.3 is 9.84 Å². The molecule has 14 heavy (non-hydrogen) atoms. The molecule has 1 aliphatic rings. The van der Waals surface area contributed by atoms with Crippen LogP contribution < -0.4 is 5.56 Å². The van der Waals surface area contributed by atoms with Crippen molar-refractivity contribution in [2.75, 3.05) is 0 Å². The average Bonchev–Trinajstić information content (AvgIpc) is 2.51. The molecule has 1 unspecified atom stereocenters. The Kier molecular flexibility index (Phi) is 2.49. The molecule has 0 aliphatic carbocycles. The third-order valence-corrected chi connectivity index (χ3v) is 2.45. The fraction of sp³-hybridized carbons (Fsp3) is 0.500. The molecule has 0 aromatic carbocycles. The number of aromatic nitrogens is 2. The Morgan fingerprint density at radius 3 is 3.00 bits per heavy atom. The zero-order valence-electron chi connectivity index (χ0n) is 7.34. The van der Waals surface area contributed by atoms with Gasteiger partial charge in [0.1, 0.15) is 6.23 Å². The molecule has 2 atom stereocenters. The Bertz CT molecular complexity index is 439. The summed E-state index contributed by atoms with van der Waals surface area (Å²) in [6.07, 6.45) is 1.86. The third kappa shape index (κ3) is 1.77. The van der Waals surface area contributed by atoms with Gasteiger partial charge in [0.2, 0.25) is 0 Å². The number of H-pyrrole nitrogens is 1. The average molecular weight is 214 g/mol. The lowest BCUT2D eigenvalue weighted by atomic mass is 10.3. The summed E-state index contributed by atoms with van der Waals surface area (Å²) in [5.74, 6) is 0. The van der Waals surface area contributed by atoms with Gasteiger partial charge in [-0.1, -0.05) is 0 Å². The molecule has 1 aromatic heterocycles. The number of hydrogen-bond acceptors (Lipinski definition) is 4. The molecule has 1 saturated heterocycles. The molecule has 0 saturated carbocycles. The van der Waals surface area contributed by atoms with E-state index >= 15 is 0 Å². The highest BCUT2D eigenvalue weighted by Crippen LogP contribution is 2.26. The molecule has 1 fully saturated rings. The van der Waals surface area contributed by atoms with Crippen LogP contribution in [0.5, 0.6) is 0 Å². The van der Waals surface area contributed by atoms with Crippen molar-refractivity contribution in [2.24, 2.45) is 0 Å². The zero-order chi connectivity index (χ0) is 10.1. The van der Waals surface area contributed by atoms with Crippen LogP contribution in [-0.4, -0.2) is 20.9 Å². The van der Waals surface area contributed by atoms with E-state index < -0.39 is 6.29 Å². The van der Waals surface area contributed by atoms with E-state index in [2.05, 4.69) is 4.98 Å². The molecule has 0 amide bonds. The third-order valence-electron chi connectivity index (χ3n) is 2.14. The van der Waals surface area contributed by atoms with Crippen molar-refractivity contribution in [1.29, 1.82) is 0 Å². The summed E-state index contributed by atoms with van der Waals surface area (Å²) in [7, 11) is 0. The van der Waals surface area contributed by atoms with Gasteiger partial charge in [-0.25, -0.2) is 0 Å².